The van der Waals surface area contributed by atoms with E-state index in [0.717, 1.165) is 35.3 Å². The molecule has 1 aliphatic heterocycles. The summed E-state index contributed by atoms with van der Waals surface area (Å²) in [4.78, 5) is 4.40. The summed E-state index contributed by atoms with van der Waals surface area (Å²) in [5.74, 6) is 3.17. The first-order valence-corrected chi connectivity index (χ1v) is 5.74. The maximum Gasteiger partial charge on any atom is 0.111 e. The lowest BCUT2D eigenvalue weighted by molar-refractivity contribution is 1.12. The average molecular weight is 207 g/mol. The zero-order valence-electron chi connectivity index (χ0n) is 7.86. The van der Waals surface area contributed by atoms with Gasteiger partial charge in [0.15, 0.2) is 0 Å². The van der Waals surface area contributed by atoms with Crippen molar-refractivity contribution in [3.8, 4) is 0 Å². The number of nitrogens with zero attached hydrogens (tertiary/aromatic N) is 1. The van der Waals surface area contributed by atoms with Gasteiger partial charge < -0.3 is 11.1 Å². The normalized spacial score (nSPS) is 16.1. The van der Waals surface area contributed by atoms with Crippen LogP contribution in [0.1, 0.15) is 0 Å². The van der Waals surface area contributed by atoms with E-state index >= 15 is 0 Å². The van der Waals surface area contributed by atoms with Crippen LogP contribution in [-0.2, 0) is 0 Å². The van der Waals surface area contributed by atoms with Crippen molar-refractivity contribution in [2.75, 3.05) is 29.1 Å². The molecule has 4 heteroatoms. The Morgan fingerprint density at radius 2 is 2.07 bits per heavy atom. The van der Waals surface area contributed by atoms with Crippen LogP contribution < -0.4 is 11.1 Å². The monoisotopic (exact) mass is 207 g/mol. The summed E-state index contributed by atoms with van der Waals surface area (Å²) in [7, 11) is 0. The summed E-state index contributed by atoms with van der Waals surface area (Å²) < 4.78 is 0. The number of nitrogens with two attached hydrogens (primary N) is 1. The second-order valence-electron chi connectivity index (χ2n) is 3.13. The number of aliphatic imine (C=N–C) groups is 1. The molecule has 0 unspecified atom stereocenters. The minimum Gasteiger partial charge on any atom is -0.399 e. The van der Waals surface area contributed by atoms with E-state index < -0.39 is 0 Å². The SMILES string of the molecule is Nc1ccc(NC2=NCCSC2)cc1. The molecule has 3 nitrogen and oxygen atoms in total. The second kappa shape index (κ2) is 4.37. The molecule has 0 amide bonds. The van der Waals surface area contributed by atoms with Crippen molar-refractivity contribution >= 4 is 29.0 Å². The lowest BCUT2D eigenvalue weighted by Gasteiger charge is -2.13. The van der Waals surface area contributed by atoms with Crippen LogP contribution in [0.5, 0.6) is 0 Å². The number of thioether (sulfide) groups is 1. The number of nitrogen functional groups attached to an aromatic ring is 1. The van der Waals surface area contributed by atoms with Gasteiger partial charge in [-0.1, -0.05) is 0 Å². The third kappa shape index (κ3) is 2.42. The Morgan fingerprint density at radius 3 is 2.71 bits per heavy atom. The maximum atomic E-state index is 5.60. The molecule has 1 heterocycles. The highest BCUT2D eigenvalue weighted by atomic mass is 32.2. The minimum atomic E-state index is 0.788. The highest BCUT2D eigenvalue weighted by Gasteiger charge is 2.04. The molecule has 0 fully saturated rings. The Bertz CT molecular complexity index is 332. The molecule has 1 aliphatic rings. The highest BCUT2D eigenvalue weighted by Crippen LogP contribution is 2.13. The Morgan fingerprint density at radius 1 is 1.29 bits per heavy atom. The third-order valence-electron chi connectivity index (χ3n) is 1.98. The zero-order valence-corrected chi connectivity index (χ0v) is 8.68. The van der Waals surface area contributed by atoms with Crippen LogP contribution in [0.25, 0.3) is 0 Å². The average Bonchev–Trinajstić information content (AvgIpc) is 2.23. The molecule has 14 heavy (non-hydrogen) atoms. The first kappa shape index (κ1) is 9.40. The molecular formula is C10H13N3S. The summed E-state index contributed by atoms with van der Waals surface area (Å²) in [5, 5.41) is 3.28. The Hall–Kier alpha value is -1.16. The molecule has 0 aromatic heterocycles. The van der Waals surface area contributed by atoms with Crippen LogP contribution in [0.3, 0.4) is 0 Å². The molecule has 0 atom stereocenters. The third-order valence-corrected chi connectivity index (χ3v) is 2.93. The first-order chi connectivity index (χ1) is 6.84. The van der Waals surface area contributed by atoms with Crippen LogP contribution in [-0.4, -0.2) is 23.9 Å². The molecule has 1 aromatic rings. The highest BCUT2D eigenvalue weighted by molar-refractivity contribution is 8.00. The lowest BCUT2D eigenvalue weighted by Crippen LogP contribution is -2.19. The molecule has 0 bridgehead atoms. The van der Waals surface area contributed by atoms with Gasteiger partial charge in [-0.15, -0.1) is 0 Å². The molecule has 0 aliphatic carbocycles. The molecule has 0 spiro atoms. The topological polar surface area (TPSA) is 50.4 Å². The van der Waals surface area contributed by atoms with Crippen molar-refractivity contribution in [1.29, 1.82) is 0 Å². The van der Waals surface area contributed by atoms with E-state index in [1.165, 1.54) is 0 Å². The van der Waals surface area contributed by atoms with Crippen LogP contribution in [0, 0.1) is 0 Å². The smallest absolute Gasteiger partial charge is 0.111 e. The van der Waals surface area contributed by atoms with Crippen LogP contribution in [0.4, 0.5) is 11.4 Å². The number of anilines is 2. The van der Waals surface area contributed by atoms with Gasteiger partial charge in [-0.3, -0.25) is 4.99 Å². The summed E-state index contributed by atoms with van der Waals surface area (Å²) in [6.45, 7) is 0.919. The Balaban J connectivity index is 2.03. The molecule has 0 saturated heterocycles. The fraction of sp³-hybridized carbons (Fsp3) is 0.300. The van der Waals surface area contributed by atoms with E-state index in [-0.39, 0.29) is 0 Å². The Labute approximate surface area is 87.8 Å². The number of rotatable bonds is 1. The van der Waals surface area contributed by atoms with Gasteiger partial charge in [0.1, 0.15) is 5.84 Å². The molecule has 0 saturated carbocycles. The number of nitrogens with one attached hydrogen (secondary N) is 1. The van der Waals surface area contributed by atoms with Gasteiger partial charge in [0.2, 0.25) is 0 Å². The Kier molecular flexibility index (Phi) is 2.93. The lowest BCUT2D eigenvalue weighted by atomic mass is 10.3. The van der Waals surface area contributed by atoms with E-state index in [4.69, 9.17) is 5.73 Å². The van der Waals surface area contributed by atoms with Crippen molar-refractivity contribution in [1.82, 2.24) is 0 Å². The fourth-order valence-corrected chi connectivity index (χ4v) is 1.99. The van der Waals surface area contributed by atoms with Gasteiger partial charge >= 0.3 is 0 Å². The zero-order chi connectivity index (χ0) is 9.80. The van der Waals surface area contributed by atoms with Crippen molar-refractivity contribution in [2.24, 2.45) is 4.99 Å². The fourth-order valence-electron chi connectivity index (χ4n) is 1.27. The predicted molar refractivity (Wildman–Crippen MR) is 64.1 cm³/mol. The van der Waals surface area contributed by atoms with Crippen molar-refractivity contribution < 1.29 is 0 Å². The molecule has 74 valence electrons. The van der Waals surface area contributed by atoms with E-state index in [2.05, 4.69) is 10.3 Å². The number of hydrogen-bond donors (Lipinski definition) is 2. The van der Waals surface area contributed by atoms with Crippen LogP contribution >= 0.6 is 11.8 Å². The van der Waals surface area contributed by atoms with Crippen molar-refractivity contribution in [3.63, 3.8) is 0 Å². The summed E-state index contributed by atoms with van der Waals surface area (Å²) in [6.07, 6.45) is 0. The quantitative estimate of drug-likeness (QED) is 0.691. The van der Waals surface area contributed by atoms with E-state index in [0.29, 0.717) is 0 Å². The van der Waals surface area contributed by atoms with Gasteiger partial charge in [-0.25, -0.2) is 0 Å². The molecule has 3 N–H and O–H groups in total. The maximum absolute atomic E-state index is 5.60. The molecule has 2 rings (SSSR count). The second-order valence-corrected chi connectivity index (χ2v) is 4.23. The minimum absolute atomic E-state index is 0.788. The summed E-state index contributed by atoms with van der Waals surface area (Å²) >= 11 is 1.91. The largest absolute Gasteiger partial charge is 0.399 e. The van der Waals surface area contributed by atoms with Crippen LogP contribution in [0.2, 0.25) is 0 Å². The molecule has 1 aromatic carbocycles. The van der Waals surface area contributed by atoms with Gasteiger partial charge in [-0.05, 0) is 24.3 Å². The summed E-state index contributed by atoms with van der Waals surface area (Å²) in [6, 6.07) is 7.71. The first-order valence-electron chi connectivity index (χ1n) is 4.58. The predicted octanol–water partition coefficient (Wildman–Crippen LogP) is 1.83. The van der Waals surface area contributed by atoms with Gasteiger partial charge in [0, 0.05) is 17.1 Å². The van der Waals surface area contributed by atoms with Crippen LogP contribution in [0.15, 0.2) is 29.3 Å². The molecule has 0 radical (unpaired) electrons. The summed E-state index contributed by atoms with van der Waals surface area (Å²) in [5.41, 5.74) is 7.44. The standard InChI is InChI=1S/C10H13N3S/c11-8-1-3-9(4-2-8)13-10-7-14-6-5-12-10/h1-4H,5-7,11H2,(H,12,13). The van der Waals surface area contributed by atoms with E-state index in [1.807, 2.05) is 36.0 Å². The van der Waals surface area contributed by atoms with Gasteiger partial charge in [0.05, 0.1) is 12.3 Å². The van der Waals surface area contributed by atoms with Gasteiger partial charge in [0.25, 0.3) is 0 Å². The number of hydrogen-bond acceptors (Lipinski definition) is 4. The molecular weight excluding hydrogens is 194 g/mol. The van der Waals surface area contributed by atoms with Crippen molar-refractivity contribution in [2.45, 2.75) is 0 Å². The van der Waals surface area contributed by atoms with Gasteiger partial charge in [-0.2, -0.15) is 11.8 Å². The number of benzene rings is 1. The van der Waals surface area contributed by atoms with E-state index in [1.54, 1.807) is 0 Å². The van der Waals surface area contributed by atoms with E-state index in [9.17, 15) is 0 Å². The van der Waals surface area contributed by atoms with Crippen molar-refractivity contribution in [3.05, 3.63) is 24.3 Å². The number of amidine groups is 1.